The molecule has 18 heavy (non-hydrogen) atoms. The van der Waals surface area contributed by atoms with Gasteiger partial charge < -0.3 is 23.8 Å². The second-order valence-electron chi connectivity index (χ2n) is 4.38. The molecule has 0 saturated carbocycles. The summed E-state index contributed by atoms with van der Waals surface area (Å²) in [7, 11) is 1.55. The van der Waals surface area contributed by atoms with Gasteiger partial charge in [0.25, 0.3) is 0 Å². The van der Waals surface area contributed by atoms with Gasteiger partial charge in [-0.15, -0.1) is 0 Å². The van der Waals surface area contributed by atoms with Gasteiger partial charge in [-0.1, -0.05) is 5.16 Å². The number of hydrogen-bond donors (Lipinski definition) is 0. The zero-order valence-corrected chi connectivity index (χ0v) is 10.8. The zero-order chi connectivity index (χ0) is 12.6. The zero-order valence-electron chi connectivity index (χ0n) is 10.8. The molecule has 2 heterocycles. The van der Waals surface area contributed by atoms with Gasteiger partial charge in [0, 0.05) is 12.8 Å². The van der Waals surface area contributed by atoms with Crippen molar-refractivity contribution in [2.45, 2.75) is 25.0 Å². The Balaban J connectivity index is 1.80. The van der Waals surface area contributed by atoms with Crippen LogP contribution in [-0.4, -0.2) is 64.7 Å². The van der Waals surface area contributed by atoms with Crippen LogP contribution in [0.15, 0.2) is 5.16 Å². The standard InChI is InChI=1S/C12H21NO5/c1-14-13-10(6-11-8-15-2-4-17-11)7-12-9-16-3-5-18-12/h11-12H,2-9H2,1H3/t11-,12-/m1/s1. The van der Waals surface area contributed by atoms with E-state index in [4.69, 9.17) is 23.8 Å². The first-order chi connectivity index (χ1) is 8.88. The van der Waals surface area contributed by atoms with Gasteiger partial charge in [0.2, 0.25) is 0 Å². The van der Waals surface area contributed by atoms with E-state index < -0.39 is 0 Å². The molecule has 0 aromatic heterocycles. The summed E-state index contributed by atoms with van der Waals surface area (Å²) in [5, 5.41) is 4.06. The highest BCUT2D eigenvalue weighted by atomic mass is 16.6. The van der Waals surface area contributed by atoms with Gasteiger partial charge in [0.1, 0.15) is 7.11 Å². The summed E-state index contributed by atoms with van der Waals surface area (Å²) < 4.78 is 22.0. The molecule has 104 valence electrons. The molecule has 0 bridgehead atoms. The second-order valence-corrected chi connectivity index (χ2v) is 4.38. The molecule has 0 aromatic carbocycles. The lowest BCUT2D eigenvalue weighted by atomic mass is 10.1. The average molecular weight is 259 g/mol. The fraction of sp³-hybridized carbons (Fsp3) is 0.917. The minimum absolute atomic E-state index is 0.0668. The molecular weight excluding hydrogens is 238 g/mol. The van der Waals surface area contributed by atoms with E-state index in [1.807, 2.05) is 0 Å². The van der Waals surface area contributed by atoms with Crippen LogP contribution in [0.3, 0.4) is 0 Å². The van der Waals surface area contributed by atoms with Crippen LogP contribution >= 0.6 is 0 Å². The first-order valence-electron chi connectivity index (χ1n) is 6.36. The first-order valence-corrected chi connectivity index (χ1v) is 6.36. The van der Waals surface area contributed by atoms with Crippen LogP contribution in [0.4, 0.5) is 0 Å². The van der Waals surface area contributed by atoms with Gasteiger partial charge in [-0.2, -0.15) is 0 Å². The fourth-order valence-electron chi connectivity index (χ4n) is 2.12. The highest BCUT2D eigenvalue weighted by molar-refractivity contribution is 5.84. The Morgan fingerprint density at radius 1 is 1.00 bits per heavy atom. The van der Waals surface area contributed by atoms with Gasteiger partial charge in [-0.3, -0.25) is 0 Å². The fourth-order valence-corrected chi connectivity index (χ4v) is 2.12. The third-order valence-electron chi connectivity index (χ3n) is 2.92. The van der Waals surface area contributed by atoms with Crippen LogP contribution in [0.1, 0.15) is 12.8 Å². The van der Waals surface area contributed by atoms with Crippen molar-refractivity contribution < 1.29 is 23.8 Å². The van der Waals surface area contributed by atoms with Crippen LogP contribution in [-0.2, 0) is 23.8 Å². The molecule has 0 radical (unpaired) electrons. The Labute approximate surface area is 107 Å². The molecule has 2 rings (SSSR count). The number of oxime groups is 1. The van der Waals surface area contributed by atoms with E-state index in [9.17, 15) is 0 Å². The van der Waals surface area contributed by atoms with E-state index in [-0.39, 0.29) is 12.2 Å². The third kappa shape index (κ3) is 4.53. The number of nitrogens with zero attached hydrogens (tertiary/aromatic N) is 1. The summed E-state index contributed by atoms with van der Waals surface area (Å²) in [5.74, 6) is 0. The topological polar surface area (TPSA) is 58.5 Å². The van der Waals surface area contributed by atoms with Crippen molar-refractivity contribution in [3.05, 3.63) is 0 Å². The van der Waals surface area contributed by atoms with Crippen LogP contribution in [0, 0.1) is 0 Å². The Kier molecular flexibility index (Phi) is 5.86. The summed E-state index contributed by atoms with van der Waals surface area (Å²) >= 11 is 0. The molecule has 2 fully saturated rings. The lowest BCUT2D eigenvalue weighted by Gasteiger charge is -2.26. The van der Waals surface area contributed by atoms with Crippen LogP contribution in [0.25, 0.3) is 0 Å². The van der Waals surface area contributed by atoms with Crippen molar-refractivity contribution in [3.63, 3.8) is 0 Å². The molecule has 2 aliphatic heterocycles. The van der Waals surface area contributed by atoms with Crippen LogP contribution in [0.5, 0.6) is 0 Å². The Morgan fingerprint density at radius 3 is 1.94 bits per heavy atom. The van der Waals surface area contributed by atoms with Crippen LogP contribution < -0.4 is 0 Å². The molecule has 2 atom stereocenters. The molecule has 0 aliphatic carbocycles. The van der Waals surface area contributed by atoms with Gasteiger partial charge >= 0.3 is 0 Å². The van der Waals surface area contributed by atoms with E-state index in [1.54, 1.807) is 7.11 Å². The number of rotatable bonds is 5. The molecule has 0 N–H and O–H groups in total. The van der Waals surface area contributed by atoms with Crippen molar-refractivity contribution in [2.24, 2.45) is 5.16 Å². The minimum atomic E-state index is 0.0668. The average Bonchev–Trinajstić information content (AvgIpc) is 2.41. The Hall–Kier alpha value is -0.690. The van der Waals surface area contributed by atoms with E-state index >= 15 is 0 Å². The highest BCUT2D eigenvalue weighted by Crippen LogP contribution is 2.13. The predicted molar refractivity (Wildman–Crippen MR) is 64.8 cm³/mol. The molecule has 6 nitrogen and oxygen atoms in total. The monoisotopic (exact) mass is 259 g/mol. The summed E-state index contributed by atoms with van der Waals surface area (Å²) in [6.07, 6.45) is 1.57. The smallest absolute Gasteiger partial charge is 0.106 e. The maximum absolute atomic E-state index is 5.61. The minimum Gasteiger partial charge on any atom is -0.399 e. The molecular formula is C12H21NO5. The molecule has 2 saturated heterocycles. The maximum atomic E-state index is 5.61. The van der Waals surface area contributed by atoms with E-state index in [0.29, 0.717) is 52.5 Å². The Bertz CT molecular complexity index is 237. The molecule has 2 aliphatic rings. The van der Waals surface area contributed by atoms with E-state index in [1.165, 1.54) is 0 Å². The van der Waals surface area contributed by atoms with Crippen molar-refractivity contribution in [1.82, 2.24) is 0 Å². The van der Waals surface area contributed by atoms with E-state index in [0.717, 1.165) is 5.71 Å². The normalized spacial score (nSPS) is 28.7. The van der Waals surface area contributed by atoms with Crippen molar-refractivity contribution in [3.8, 4) is 0 Å². The maximum Gasteiger partial charge on any atom is 0.106 e. The van der Waals surface area contributed by atoms with Crippen molar-refractivity contribution in [2.75, 3.05) is 46.8 Å². The number of ether oxygens (including phenoxy) is 4. The number of hydrogen-bond acceptors (Lipinski definition) is 6. The third-order valence-corrected chi connectivity index (χ3v) is 2.92. The largest absolute Gasteiger partial charge is 0.399 e. The molecule has 0 unspecified atom stereocenters. The predicted octanol–water partition coefficient (Wildman–Crippen LogP) is 0.600. The molecule has 0 aromatic rings. The highest BCUT2D eigenvalue weighted by Gasteiger charge is 2.22. The SMILES string of the molecule is CON=C(C[C@@H]1COCCO1)C[C@@H]1COCCO1. The second kappa shape index (κ2) is 7.68. The first kappa shape index (κ1) is 13.7. The van der Waals surface area contributed by atoms with Gasteiger partial charge in [-0.25, -0.2) is 0 Å². The molecule has 0 spiro atoms. The van der Waals surface area contributed by atoms with Crippen LogP contribution in [0.2, 0.25) is 0 Å². The molecule has 0 amide bonds. The van der Waals surface area contributed by atoms with Crippen molar-refractivity contribution in [1.29, 1.82) is 0 Å². The summed E-state index contributed by atoms with van der Waals surface area (Å²) in [5.41, 5.74) is 0.934. The lowest BCUT2D eigenvalue weighted by molar-refractivity contribution is -0.0898. The summed E-state index contributed by atoms with van der Waals surface area (Å²) in [4.78, 5) is 4.88. The van der Waals surface area contributed by atoms with Gasteiger partial charge in [-0.05, 0) is 0 Å². The quantitative estimate of drug-likeness (QED) is 0.534. The van der Waals surface area contributed by atoms with Gasteiger partial charge in [0.15, 0.2) is 0 Å². The summed E-state index contributed by atoms with van der Waals surface area (Å²) in [6.45, 7) is 3.87. The lowest BCUT2D eigenvalue weighted by Crippen LogP contribution is -2.34. The van der Waals surface area contributed by atoms with E-state index in [2.05, 4.69) is 5.16 Å². The van der Waals surface area contributed by atoms with Crippen molar-refractivity contribution >= 4 is 5.71 Å². The van der Waals surface area contributed by atoms with Gasteiger partial charge in [0.05, 0.1) is 57.6 Å². The summed E-state index contributed by atoms with van der Waals surface area (Å²) in [6, 6.07) is 0. The molecule has 6 heteroatoms. The Morgan fingerprint density at radius 2 is 1.56 bits per heavy atom.